The molecule has 2 aromatic heterocycles. The number of aryl methyl sites for hydroxylation is 2. The highest BCUT2D eigenvalue weighted by molar-refractivity contribution is 5.74. The van der Waals surface area contributed by atoms with E-state index >= 15 is 0 Å². The van der Waals surface area contributed by atoms with E-state index in [2.05, 4.69) is 4.98 Å². The quantitative estimate of drug-likeness (QED) is 0.781. The normalized spacial score (nSPS) is 11.0. The van der Waals surface area contributed by atoms with Crippen molar-refractivity contribution in [2.45, 2.75) is 19.5 Å². The molecule has 3 rings (SSSR count). The van der Waals surface area contributed by atoms with Gasteiger partial charge >= 0.3 is 5.69 Å². The lowest BCUT2D eigenvalue weighted by Gasteiger charge is -2.06. The highest BCUT2D eigenvalue weighted by Gasteiger charge is 2.05. The topological polar surface area (TPSA) is 59.8 Å². The number of pyridine rings is 1. The summed E-state index contributed by atoms with van der Waals surface area (Å²) < 4.78 is 3.36. The summed E-state index contributed by atoms with van der Waals surface area (Å²) in [5.41, 5.74) is 1.62. The smallest absolute Gasteiger partial charge is 0.315 e. The maximum atomic E-state index is 11.9. The van der Waals surface area contributed by atoms with Crippen LogP contribution in [-0.4, -0.2) is 14.1 Å². The Morgan fingerprint density at radius 3 is 2.60 bits per heavy atom. The first-order chi connectivity index (χ1) is 9.75. The Morgan fingerprint density at radius 2 is 1.75 bits per heavy atom. The monoisotopic (exact) mass is 269 g/mol. The molecule has 102 valence electrons. The van der Waals surface area contributed by atoms with E-state index in [-0.39, 0.29) is 11.2 Å². The Kier molecular flexibility index (Phi) is 3.25. The van der Waals surface area contributed by atoms with Crippen LogP contribution in [0.25, 0.3) is 11.0 Å². The molecule has 0 spiro atoms. The van der Waals surface area contributed by atoms with Gasteiger partial charge in [-0.05, 0) is 24.6 Å². The van der Waals surface area contributed by atoms with Crippen LogP contribution in [0, 0.1) is 0 Å². The number of H-pyrrole nitrogens is 1. The second-order valence-electron chi connectivity index (χ2n) is 4.68. The fourth-order valence-electron chi connectivity index (χ4n) is 2.37. The van der Waals surface area contributed by atoms with Crippen LogP contribution in [0.1, 0.15) is 6.42 Å². The molecule has 5 heteroatoms. The van der Waals surface area contributed by atoms with Crippen molar-refractivity contribution in [3.63, 3.8) is 0 Å². The zero-order chi connectivity index (χ0) is 13.9. The molecular weight excluding hydrogens is 254 g/mol. The molecule has 0 atom stereocenters. The number of fused-ring (bicyclic) bond motifs is 1. The van der Waals surface area contributed by atoms with Crippen molar-refractivity contribution in [2.24, 2.45) is 0 Å². The summed E-state index contributed by atoms with van der Waals surface area (Å²) in [6.45, 7) is 1.19. The third-order valence-electron chi connectivity index (χ3n) is 3.36. The van der Waals surface area contributed by atoms with E-state index in [9.17, 15) is 9.59 Å². The molecule has 0 unspecified atom stereocenters. The number of imidazole rings is 1. The van der Waals surface area contributed by atoms with E-state index in [0.29, 0.717) is 13.1 Å². The lowest BCUT2D eigenvalue weighted by atomic mass is 10.3. The number of benzene rings is 1. The SMILES string of the molecule is O=c1ccccn1CCCn1c(=O)[nH]c2ccccc21. The van der Waals surface area contributed by atoms with E-state index < -0.39 is 0 Å². The van der Waals surface area contributed by atoms with Crippen LogP contribution in [0.4, 0.5) is 0 Å². The molecule has 1 N–H and O–H groups in total. The first-order valence-electron chi connectivity index (χ1n) is 6.59. The Hall–Kier alpha value is -2.56. The van der Waals surface area contributed by atoms with E-state index in [0.717, 1.165) is 17.5 Å². The van der Waals surface area contributed by atoms with Crippen molar-refractivity contribution >= 4 is 11.0 Å². The van der Waals surface area contributed by atoms with E-state index in [1.54, 1.807) is 21.4 Å². The van der Waals surface area contributed by atoms with Crippen molar-refractivity contribution in [3.05, 3.63) is 69.5 Å². The second-order valence-corrected chi connectivity index (χ2v) is 4.68. The van der Waals surface area contributed by atoms with Gasteiger partial charge in [0.25, 0.3) is 0 Å². The van der Waals surface area contributed by atoms with Gasteiger partial charge in [-0.1, -0.05) is 18.2 Å². The zero-order valence-electron chi connectivity index (χ0n) is 11.0. The predicted octanol–water partition coefficient (Wildman–Crippen LogP) is 1.58. The molecule has 0 radical (unpaired) electrons. The lowest BCUT2D eigenvalue weighted by Crippen LogP contribution is -2.21. The average molecular weight is 269 g/mol. The van der Waals surface area contributed by atoms with Gasteiger partial charge in [0.2, 0.25) is 5.56 Å². The maximum absolute atomic E-state index is 11.9. The predicted molar refractivity (Wildman–Crippen MR) is 77.9 cm³/mol. The third kappa shape index (κ3) is 2.30. The van der Waals surface area contributed by atoms with Crippen molar-refractivity contribution in [1.82, 2.24) is 14.1 Å². The minimum atomic E-state index is -0.105. The lowest BCUT2D eigenvalue weighted by molar-refractivity contribution is 0.552. The zero-order valence-corrected chi connectivity index (χ0v) is 11.0. The van der Waals surface area contributed by atoms with Crippen LogP contribution in [0.5, 0.6) is 0 Å². The number of aromatic amines is 1. The van der Waals surface area contributed by atoms with Crippen LogP contribution >= 0.6 is 0 Å². The number of para-hydroxylation sites is 2. The molecule has 0 aliphatic heterocycles. The van der Waals surface area contributed by atoms with Gasteiger partial charge in [-0.3, -0.25) is 9.36 Å². The van der Waals surface area contributed by atoms with Crippen LogP contribution in [0.3, 0.4) is 0 Å². The van der Waals surface area contributed by atoms with Gasteiger partial charge in [-0.15, -0.1) is 0 Å². The van der Waals surface area contributed by atoms with Crippen LogP contribution < -0.4 is 11.2 Å². The highest BCUT2D eigenvalue weighted by atomic mass is 16.1. The van der Waals surface area contributed by atoms with Crippen LogP contribution in [0.15, 0.2) is 58.3 Å². The first-order valence-corrected chi connectivity index (χ1v) is 6.59. The molecule has 5 nitrogen and oxygen atoms in total. The Balaban J connectivity index is 1.78. The van der Waals surface area contributed by atoms with Crippen LogP contribution in [-0.2, 0) is 13.1 Å². The third-order valence-corrected chi connectivity index (χ3v) is 3.36. The largest absolute Gasteiger partial charge is 0.326 e. The van der Waals surface area contributed by atoms with Crippen molar-refractivity contribution in [3.8, 4) is 0 Å². The van der Waals surface area contributed by atoms with Gasteiger partial charge < -0.3 is 9.55 Å². The number of nitrogens with one attached hydrogen (secondary N) is 1. The fraction of sp³-hybridized carbons (Fsp3) is 0.200. The summed E-state index contributed by atoms with van der Waals surface area (Å²) >= 11 is 0. The summed E-state index contributed by atoms with van der Waals surface area (Å²) in [6.07, 6.45) is 2.49. The number of hydrogen-bond donors (Lipinski definition) is 1. The van der Waals surface area contributed by atoms with Gasteiger partial charge in [0.05, 0.1) is 11.0 Å². The molecule has 0 amide bonds. The number of rotatable bonds is 4. The van der Waals surface area contributed by atoms with Gasteiger partial charge in [0.15, 0.2) is 0 Å². The molecule has 1 aromatic carbocycles. The Labute approximate surface area is 115 Å². The Morgan fingerprint density at radius 1 is 0.950 bits per heavy atom. The summed E-state index contributed by atoms with van der Waals surface area (Å²) in [6, 6.07) is 12.7. The molecule has 0 aliphatic carbocycles. The second kappa shape index (κ2) is 5.21. The van der Waals surface area contributed by atoms with Gasteiger partial charge in [-0.25, -0.2) is 4.79 Å². The summed E-state index contributed by atoms with van der Waals surface area (Å²) in [7, 11) is 0. The van der Waals surface area contributed by atoms with Crippen LogP contribution in [0.2, 0.25) is 0 Å². The first kappa shape index (κ1) is 12.5. The fourth-order valence-corrected chi connectivity index (χ4v) is 2.37. The summed E-state index contributed by atoms with van der Waals surface area (Å²) in [5, 5.41) is 0. The molecule has 0 fully saturated rings. The van der Waals surface area contributed by atoms with Gasteiger partial charge in [-0.2, -0.15) is 0 Å². The van der Waals surface area contributed by atoms with E-state index in [4.69, 9.17) is 0 Å². The molecule has 20 heavy (non-hydrogen) atoms. The molecule has 2 heterocycles. The minimum absolute atomic E-state index is 0.0150. The molecule has 0 saturated carbocycles. The number of hydrogen-bond acceptors (Lipinski definition) is 2. The number of nitrogens with zero attached hydrogens (tertiary/aromatic N) is 2. The number of aromatic nitrogens is 3. The van der Waals surface area contributed by atoms with Gasteiger partial charge in [0, 0.05) is 25.4 Å². The average Bonchev–Trinajstić information content (AvgIpc) is 2.77. The van der Waals surface area contributed by atoms with Crippen molar-refractivity contribution in [2.75, 3.05) is 0 Å². The van der Waals surface area contributed by atoms with E-state index in [1.165, 1.54) is 6.07 Å². The minimum Gasteiger partial charge on any atom is -0.315 e. The molecule has 0 aliphatic rings. The van der Waals surface area contributed by atoms with Crippen molar-refractivity contribution in [1.29, 1.82) is 0 Å². The molecule has 0 saturated heterocycles. The molecular formula is C15H15N3O2. The Bertz CT molecular complexity index is 842. The standard InChI is InChI=1S/C15H15N3O2/c19-14-8-3-4-9-17(14)10-5-11-18-13-7-2-1-6-12(13)16-15(18)20/h1-4,6-9H,5,10-11H2,(H,16,20). The summed E-state index contributed by atoms with van der Waals surface area (Å²) in [5.74, 6) is 0. The summed E-state index contributed by atoms with van der Waals surface area (Å²) in [4.78, 5) is 26.3. The van der Waals surface area contributed by atoms with E-state index in [1.807, 2.05) is 30.3 Å². The molecule has 0 bridgehead atoms. The van der Waals surface area contributed by atoms with Gasteiger partial charge in [0.1, 0.15) is 0 Å². The maximum Gasteiger partial charge on any atom is 0.326 e. The van der Waals surface area contributed by atoms with Crippen molar-refractivity contribution < 1.29 is 0 Å². The molecule has 3 aromatic rings. The highest BCUT2D eigenvalue weighted by Crippen LogP contribution is 2.09.